The number of hydrogen-bond donors (Lipinski definition) is 1. The maximum absolute atomic E-state index is 13.3. The number of hydrogen-bond acceptors (Lipinski definition) is 5. The van der Waals surface area contributed by atoms with Gasteiger partial charge < -0.3 is 5.32 Å². The highest BCUT2D eigenvalue weighted by molar-refractivity contribution is 5.66. The molecule has 0 atom stereocenters. The second-order valence-electron chi connectivity index (χ2n) is 3.63. The summed E-state index contributed by atoms with van der Waals surface area (Å²) in [6, 6.07) is 1.21. The van der Waals surface area contributed by atoms with Crippen molar-refractivity contribution in [3.63, 3.8) is 0 Å². The summed E-state index contributed by atoms with van der Waals surface area (Å²) >= 11 is 0. The van der Waals surface area contributed by atoms with Crippen LogP contribution in [0.4, 0.5) is 21.5 Å². The quantitative estimate of drug-likeness (QED) is 0.646. The molecule has 0 aromatic heterocycles. The number of halogens is 1. The van der Waals surface area contributed by atoms with E-state index in [9.17, 15) is 24.6 Å². The summed E-state index contributed by atoms with van der Waals surface area (Å²) in [4.78, 5) is 19.4. The summed E-state index contributed by atoms with van der Waals surface area (Å²) in [5.41, 5.74) is -1.51. The molecule has 7 nitrogen and oxygen atoms in total. The fourth-order valence-electron chi connectivity index (χ4n) is 1.27. The van der Waals surface area contributed by atoms with Crippen LogP contribution in [0.5, 0.6) is 0 Å². The normalized spacial score (nSPS) is 10.4. The lowest BCUT2D eigenvalue weighted by Crippen LogP contribution is -2.12. The highest BCUT2D eigenvalue weighted by Gasteiger charge is 2.24. The monoisotopic (exact) mass is 243 g/mol. The molecule has 1 N–H and O–H groups in total. The van der Waals surface area contributed by atoms with Gasteiger partial charge in [0.05, 0.1) is 15.9 Å². The SMILES string of the molecule is CC(C)Nc1cc(F)c([N+](=O)[O-])cc1[N+](=O)[O-]. The number of rotatable bonds is 4. The van der Waals surface area contributed by atoms with Gasteiger partial charge in [0, 0.05) is 12.1 Å². The van der Waals surface area contributed by atoms with Crippen molar-refractivity contribution in [2.24, 2.45) is 0 Å². The Balaban J connectivity index is 3.35. The van der Waals surface area contributed by atoms with Crippen molar-refractivity contribution in [2.45, 2.75) is 19.9 Å². The predicted octanol–water partition coefficient (Wildman–Crippen LogP) is 2.46. The van der Waals surface area contributed by atoms with E-state index in [4.69, 9.17) is 0 Å². The lowest BCUT2D eigenvalue weighted by Gasteiger charge is -2.10. The summed E-state index contributed by atoms with van der Waals surface area (Å²) in [6.07, 6.45) is 0. The van der Waals surface area contributed by atoms with Gasteiger partial charge in [-0.05, 0) is 13.8 Å². The van der Waals surface area contributed by atoms with Gasteiger partial charge in [-0.2, -0.15) is 4.39 Å². The van der Waals surface area contributed by atoms with Crippen molar-refractivity contribution in [1.82, 2.24) is 0 Å². The Morgan fingerprint density at radius 3 is 2.12 bits per heavy atom. The van der Waals surface area contributed by atoms with Crippen LogP contribution in [0.25, 0.3) is 0 Å². The molecule has 0 aliphatic heterocycles. The van der Waals surface area contributed by atoms with E-state index in [2.05, 4.69) is 5.32 Å². The van der Waals surface area contributed by atoms with Gasteiger partial charge in [-0.1, -0.05) is 0 Å². The molecular formula is C9H10FN3O4. The molecule has 0 fully saturated rings. The molecular weight excluding hydrogens is 233 g/mol. The van der Waals surface area contributed by atoms with Gasteiger partial charge in [0.15, 0.2) is 0 Å². The second kappa shape index (κ2) is 4.73. The Morgan fingerprint density at radius 2 is 1.71 bits per heavy atom. The van der Waals surface area contributed by atoms with Crippen LogP contribution in [0.2, 0.25) is 0 Å². The lowest BCUT2D eigenvalue weighted by atomic mass is 10.2. The van der Waals surface area contributed by atoms with E-state index in [0.717, 1.165) is 6.07 Å². The Labute approximate surface area is 95.5 Å². The number of nitrogens with one attached hydrogen (secondary N) is 1. The van der Waals surface area contributed by atoms with Crippen molar-refractivity contribution in [3.8, 4) is 0 Å². The highest BCUT2D eigenvalue weighted by atomic mass is 19.1. The summed E-state index contributed by atoms with van der Waals surface area (Å²) in [7, 11) is 0. The molecule has 0 radical (unpaired) electrons. The minimum atomic E-state index is -1.11. The van der Waals surface area contributed by atoms with Crippen molar-refractivity contribution < 1.29 is 14.2 Å². The first-order chi connectivity index (χ1) is 7.82. The third-order valence-corrected chi connectivity index (χ3v) is 1.90. The topological polar surface area (TPSA) is 98.3 Å². The number of benzene rings is 1. The van der Waals surface area contributed by atoms with Crippen LogP contribution in [0, 0.1) is 26.0 Å². The van der Waals surface area contributed by atoms with E-state index in [1.54, 1.807) is 13.8 Å². The molecule has 0 amide bonds. The third kappa shape index (κ3) is 2.86. The minimum absolute atomic E-state index is 0.0758. The van der Waals surface area contributed by atoms with E-state index in [1.807, 2.05) is 0 Å². The average molecular weight is 243 g/mol. The van der Waals surface area contributed by atoms with Gasteiger partial charge in [-0.15, -0.1) is 0 Å². The first-order valence-electron chi connectivity index (χ1n) is 4.71. The Hall–Kier alpha value is -2.25. The first-order valence-corrected chi connectivity index (χ1v) is 4.71. The number of nitrogens with zero attached hydrogens (tertiary/aromatic N) is 2. The number of nitro groups is 2. The first kappa shape index (κ1) is 12.8. The zero-order chi connectivity index (χ0) is 13.2. The maximum Gasteiger partial charge on any atom is 0.311 e. The smallest absolute Gasteiger partial charge is 0.311 e. The van der Waals surface area contributed by atoms with Crippen LogP contribution >= 0.6 is 0 Å². The van der Waals surface area contributed by atoms with Gasteiger partial charge in [0.25, 0.3) is 5.69 Å². The fourth-order valence-corrected chi connectivity index (χ4v) is 1.27. The Bertz CT molecular complexity index is 476. The Kier molecular flexibility index (Phi) is 3.56. The van der Waals surface area contributed by atoms with Crippen LogP contribution in [-0.4, -0.2) is 15.9 Å². The molecule has 92 valence electrons. The van der Waals surface area contributed by atoms with Crippen molar-refractivity contribution >= 4 is 17.1 Å². The van der Waals surface area contributed by atoms with Crippen molar-refractivity contribution in [2.75, 3.05) is 5.32 Å². The molecule has 0 aliphatic rings. The standard InChI is InChI=1S/C9H10FN3O4/c1-5(2)11-7-3-6(10)8(12(14)15)4-9(7)13(16)17/h3-5,11H,1-2H3. The molecule has 0 unspecified atom stereocenters. The molecule has 0 saturated carbocycles. The lowest BCUT2D eigenvalue weighted by molar-refractivity contribution is -0.395. The molecule has 0 saturated heterocycles. The number of anilines is 1. The Morgan fingerprint density at radius 1 is 1.18 bits per heavy atom. The van der Waals surface area contributed by atoms with Gasteiger partial charge in [0.1, 0.15) is 5.69 Å². The molecule has 0 aliphatic carbocycles. The van der Waals surface area contributed by atoms with Crippen molar-refractivity contribution in [3.05, 3.63) is 38.2 Å². The molecule has 1 rings (SSSR count). The third-order valence-electron chi connectivity index (χ3n) is 1.90. The van der Waals surface area contributed by atoms with Crippen LogP contribution in [0.3, 0.4) is 0 Å². The van der Waals surface area contributed by atoms with Crippen LogP contribution in [0.15, 0.2) is 12.1 Å². The van der Waals surface area contributed by atoms with Gasteiger partial charge in [-0.25, -0.2) is 0 Å². The molecule has 0 bridgehead atoms. The maximum atomic E-state index is 13.3. The molecule has 8 heteroatoms. The molecule has 0 heterocycles. The van der Waals surface area contributed by atoms with Crippen LogP contribution in [-0.2, 0) is 0 Å². The molecule has 17 heavy (non-hydrogen) atoms. The predicted molar refractivity (Wildman–Crippen MR) is 58.5 cm³/mol. The zero-order valence-electron chi connectivity index (χ0n) is 9.14. The summed E-state index contributed by atoms with van der Waals surface area (Å²) < 4.78 is 13.3. The second-order valence-corrected chi connectivity index (χ2v) is 3.63. The van der Waals surface area contributed by atoms with Gasteiger partial charge >= 0.3 is 5.69 Å². The average Bonchev–Trinajstić information content (AvgIpc) is 2.15. The van der Waals surface area contributed by atoms with E-state index < -0.39 is 27.0 Å². The largest absolute Gasteiger partial charge is 0.377 e. The van der Waals surface area contributed by atoms with E-state index >= 15 is 0 Å². The van der Waals surface area contributed by atoms with Gasteiger partial charge in [0.2, 0.25) is 5.82 Å². The van der Waals surface area contributed by atoms with Crippen LogP contribution in [0.1, 0.15) is 13.8 Å². The summed E-state index contributed by atoms with van der Waals surface area (Å²) in [5.74, 6) is -1.11. The summed E-state index contributed by atoms with van der Waals surface area (Å²) in [5, 5.41) is 23.8. The van der Waals surface area contributed by atoms with E-state index in [-0.39, 0.29) is 11.7 Å². The molecule has 1 aromatic carbocycles. The molecule has 1 aromatic rings. The molecule has 0 spiro atoms. The number of nitro benzene ring substituents is 2. The highest BCUT2D eigenvalue weighted by Crippen LogP contribution is 2.31. The van der Waals surface area contributed by atoms with Gasteiger partial charge in [-0.3, -0.25) is 20.2 Å². The minimum Gasteiger partial charge on any atom is -0.377 e. The van der Waals surface area contributed by atoms with E-state index in [1.165, 1.54) is 0 Å². The van der Waals surface area contributed by atoms with Crippen molar-refractivity contribution in [1.29, 1.82) is 0 Å². The van der Waals surface area contributed by atoms with E-state index in [0.29, 0.717) is 6.07 Å². The van der Waals surface area contributed by atoms with Crippen LogP contribution < -0.4 is 5.32 Å². The zero-order valence-corrected chi connectivity index (χ0v) is 9.14. The fraction of sp³-hybridized carbons (Fsp3) is 0.333. The summed E-state index contributed by atoms with van der Waals surface area (Å²) in [6.45, 7) is 3.42.